The van der Waals surface area contributed by atoms with E-state index in [0.717, 1.165) is 11.1 Å². The van der Waals surface area contributed by atoms with Crippen LogP contribution in [0, 0.1) is 11.6 Å². The van der Waals surface area contributed by atoms with E-state index in [2.05, 4.69) is 4.99 Å². The number of hydrogen-bond donors (Lipinski definition) is 0. The minimum absolute atomic E-state index is 0.256. The van der Waals surface area contributed by atoms with Crippen LogP contribution in [0.25, 0.3) is 0 Å². The summed E-state index contributed by atoms with van der Waals surface area (Å²) in [6.07, 6.45) is 1.07. The van der Waals surface area contributed by atoms with Crippen LogP contribution >= 0.6 is 11.8 Å². The molecule has 0 bridgehead atoms. The van der Waals surface area contributed by atoms with Gasteiger partial charge in [-0.15, -0.1) is 0 Å². The highest BCUT2D eigenvalue weighted by molar-refractivity contribution is 8.15. The minimum atomic E-state index is -0.578. The van der Waals surface area contributed by atoms with Crippen LogP contribution < -0.4 is 0 Å². The molecule has 2 rings (SSSR count). The largest absolute Gasteiger partial charge is 0.465 e. The fraction of sp³-hybridized carbons (Fsp3) is 0.429. The molecule has 1 atom stereocenters. The number of nitrogens with zero attached hydrogens (tertiary/aromatic N) is 1. The lowest BCUT2D eigenvalue weighted by Gasteiger charge is -2.07. The van der Waals surface area contributed by atoms with Crippen LogP contribution in [0.2, 0.25) is 0 Å². The summed E-state index contributed by atoms with van der Waals surface area (Å²) in [6.45, 7) is 2.53. The fourth-order valence-corrected chi connectivity index (χ4v) is 2.94. The standard InChI is InChI=1S/C14H15F2NO2S/c1-2-19-14(18)12-8-17-13(20-12)4-3-9-5-10(15)7-11(16)6-9/h5-7,12H,2-4,8H2,1H3. The van der Waals surface area contributed by atoms with E-state index in [1.54, 1.807) is 6.92 Å². The predicted octanol–water partition coefficient (Wildman–Crippen LogP) is 2.97. The SMILES string of the molecule is CCOC(=O)C1CN=C(CCc2cc(F)cc(F)c2)S1. The summed E-state index contributed by atoms with van der Waals surface area (Å²) in [5.74, 6) is -1.41. The number of benzene rings is 1. The van der Waals surface area contributed by atoms with Gasteiger partial charge in [-0.25, -0.2) is 8.78 Å². The Balaban J connectivity index is 1.85. The van der Waals surface area contributed by atoms with Crippen molar-refractivity contribution in [1.82, 2.24) is 0 Å². The van der Waals surface area contributed by atoms with Gasteiger partial charge < -0.3 is 4.74 Å². The summed E-state index contributed by atoms with van der Waals surface area (Å²) in [5, 5.41) is 0.543. The quantitative estimate of drug-likeness (QED) is 0.785. The number of hydrogen-bond acceptors (Lipinski definition) is 4. The number of carbonyl (C=O) groups is 1. The Morgan fingerprint density at radius 1 is 1.35 bits per heavy atom. The Hall–Kier alpha value is -1.43. The smallest absolute Gasteiger partial charge is 0.321 e. The minimum Gasteiger partial charge on any atom is -0.465 e. The summed E-state index contributed by atoms with van der Waals surface area (Å²) in [4.78, 5) is 15.8. The van der Waals surface area contributed by atoms with Crippen molar-refractivity contribution >= 4 is 22.8 Å². The summed E-state index contributed by atoms with van der Waals surface area (Å²) in [7, 11) is 0. The van der Waals surface area contributed by atoms with Gasteiger partial charge in [-0.05, 0) is 37.5 Å². The molecular formula is C14H15F2NO2S. The van der Waals surface area contributed by atoms with Gasteiger partial charge in [0, 0.05) is 6.07 Å². The van der Waals surface area contributed by atoms with Crippen LogP contribution in [-0.4, -0.2) is 29.4 Å². The third kappa shape index (κ3) is 4.03. The van der Waals surface area contributed by atoms with Crippen LogP contribution in [-0.2, 0) is 16.0 Å². The Labute approximate surface area is 120 Å². The summed E-state index contributed by atoms with van der Waals surface area (Å²) >= 11 is 1.37. The average molecular weight is 299 g/mol. The predicted molar refractivity (Wildman–Crippen MR) is 75.0 cm³/mol. The summed E-state index contributed by atoms with van der Waals surface area (Å²) in [5.41, 5.74) is 0.588. The van der Waals surface area contributed by atoms with Crippen LogP contribution in [0.5, 0.6) is 0 Å². The third-order valence-corrected chi connectivity index (χ3v) is 4.04. The van der Waals surface area contributed by atoms with Crippen molar-refractivity contribution in [3.63, 3.8) is 0 Å². The highest BCUT2D eigenvalue weighted by Gasteiger charge is 2.27. The van der Waals surface area contributed by atoms with Crippen LogP contribution in [0.4, 0.5) is 8.78 Å². The van der Waals surface area contributed by atoms with Gasteiger partial charge in [0.2, 0.25) is 0 Å². The summed E-state index contributed by atoms with van der Waals surface area (Å²) < 4.78 is 31.0. The zero-order chi connectivity index (χ0) is 14.5. The molecule has 1 aliphatic rings. The second-order valence-corrected chi connectivity index (χ2v) is 5.65. The molecule has 0 N–H and O–H groups in total. The van der Waals surface area contributed by atoms with E-state index in [0.29, 0.717) is 31.6 Å². The lowest BCUT2D eigenvalue weighted by Crippen LogP contribution is -2.20. The van der Waals surface area contributed by atoms with Crippen LogP contribution in [0.15, 0.2) is 23.2 Å². The Bertz CT molecular complexity index is 514. The number of esters is 1. The van der Waals surface area contributed by atoms with Crippen molar-refractivity contribution in [2.45, 2.75) is 25.0 Å². The molecule has 1 aromatic carbocycles. The van der Waals surface area contributed by atoms with Crippen molar-refractivity contribution in [2.75, 3.05) is 13.2 Å². The van der Waals surface area contributed by atoms with Gasteiger partial charge in [0.15, 0.2) is 0 Å². The summed E-state index contributed by atoms with van der Waals surface area (Å²) in [6, 6.07) is 3.47. The lowest BCUT2D eigenvalue weighted by atomic mass is 10.1. The lowest BCUT2D eigenvalue weighted by molar-refractivity contribution is -0.142. The van der Waals surface area contributed by atoms with Gasteiger partial charge in [0.25, 0.3) is 0 Å². The first-order valence-corrected chi connectivity index (χ1v) is 7.28. The Morgan fingerprint density at radius 2 is 2.05 bits per heavy atom. The topological polar surface area (TPSA) is 38.7 Å². The fourth-order valence-electron chi connectivity index (χ4n) is 1.93. The van der Waals surface area contributed by atoms with Gasteiger partial charge in [-0.2, -0.15) is 0 Å². The Kier molecular flexibility index (Phi) is 5.11. The highest BCUT2D eigenvalue weighted by atomic mass is 32.2. The number of carbonyl (C=O) groups excluding carboxylic acids is 1. The van der Waals surface area contributed by atoms with E-state index in [4.69, 9.17) is 4.74 Å². The normalized spacial score (nSPS) is 17.9. The van der Waals surface area contributed by atoms with Gasteiger partial charge >= 0.3 is 5.97 Å². The molecule has 108 valence electrons. The molecule has 0 saturated carbocycles. The molecule has 0 fully saturated rings. The van der Waals surface area contributed by atoms with Gasteiger partial charge in [0.05, 0.1) is 18.2 Å². The number of ether oxygens (including phenoxy) is 1. The molecule has 3 nitrogen and oxygen atoms in total. The molecule has 1 heterocycles. The Morgan fingerprint density at radius 3 is 2.70 bits per heavy atom. The van der Waals surface area contributed by atoms with E-state index in [1.807, 2.05) is 0 Å². The highest BCUT2D eigenvalue weighted by Crippen LogP contribution is 2.25. The molecule has 6 heteroatoms. The molecule has 1 aromatic rings. The van der Waals surface area contributed by atoms with Gasteiger partial charge in [-0.3, -0.25) is 9.79 Å². The molecule has 1 unspecified atom stereocenters. The molecule has 0 radical (unpaired) electrons. The molecule has 0 amide bonds. The monoisotopic (exact) mass is 299 g/mol. The first kappa shape index (κ1) is 15.0. The molecule has 0 spiro atoms. The van der Waals surface area contributed by atoms with Crippen LogP contribution in [0.1, 0.15) is 18.9 Å². The number of thioether (sulfide) groups is 1. The number of rotatable bonds is 5. The van der Waals surface area contributed by atoms with Crippen molar-refractivity contribution in [1.29, 1.82) is 0 Å². The zero-order valence-corrected chi connectivity index (χ0v) is 11.9. The van der Waals surface area contributed by atoms with E-state index in [1.165, 1.54) is 23.9 Å². The number of aliphatic imine (C=N–C) groups is 1. The van der Waals surface area contributed by atoms with Crippen molar-refractivity contribution < 1.29 is 18.3 Å². The molecular weight excluding hydrogens is 284 g/mol. The van der Waals surface area contributed by atoms with Crippen molar-refractivity contribution in [3.8, 4) is 0 Å². The molecule has 20 heavy (non-hydrogen) atoms. The maximum absolute atomic E-state index is 13.0. The average Bonchev–Trinajstić information content (AvgIpc) is 2.84. The van der Waals surface area contributed by atoms with Gasteiger partial charge in [-0.1, -0.05) is 11.8 Å². The van der Waals surface area contributed by atoms with E-state index in [-0.39, 0.29) is 11.2 Å². The van der Waals surface area contributed by atoms with E-state index < -0.39 is 11.6 Å². The maximum Gasteiger partial charge on any atom is 0.321 e. The maximum atomic E-state index is 13.0. The zero-order valence-electron chi connectivity index (χ0n) is 11.1. The molecule has 0 aliphatic carbocycles. The van der Waals surface area contributed by atoms with E-state index >= 15 is 0 Å². The molecule has 1 aliphatic heterocycles. The third-order valence-electron chi connectivity index (χ3n) is 2.81. The second-order valence-electron chi connectivity index (χ2n) is 4.37. The molecule has 0 aromatic heterocycles. The van der Waals surface area contributed by atoms with Crippen LogP contribution in [0.3, 0.4) is 0 Å². The molecule has 0 saturated heterocycles. The number of aryl methyl sites for hydroxylation is 1. The van der Waals surface area contributed by atoms with Gasteiger partial charge in [0.1, 0.15) is 16.9 Å². The first-order valence-electron chi connectivity index (χ1n) is 6.40. The van der Waals surface area contributed by atoms with E-state index in [9.17, 15) is 13.6 Å². The number of halogens is 2. The van der Waals surface area contributed by atoms with Crippen molar-refractivity contribution in [2.24, 2.45) is 4.99 Å². The second kappa shape index (κ2) is 6.83. The van der Waals surface area contributed by atoms with Crippen molar-refractivity contribution in [3.05, 3.63) is 35.4 Å². The first-order chi connectivity index (χ1) is 9.58.